The molecule has 3 aromatic rings. The van der Waals surface area contributed by atoms with E-state index < -0.39 is 0 Å². The van der Waals surface area contributed by atoms with Gasteiger partial charge in [0.25, 0.3) is 0 Å². The van der Waals surface area contributed by atoms with Gasteiger partial charge in [-0.1, -0.05) is 18.2 Å². The summed E-state index contributed by atoms with van der Waals surface area (Å²) >= 11 is 1.82. The molecule has 3 nitrogen and oxygen atoms in total. The summed E-state index contributed by atoms with van der Waals surface area (Å²) in [6.07, 6.45) is 0.986. The molecule has 0 fully saturated rings. The molecule has 20 heavy (non-hydrogen) atoms. The lowest BCUT2D eigenvalue weighted by Gasteiger charge is -2.16. The molecule has 0 aliphatic carbocycles. The van der Waals surface area contributed by atoms with E-state index >= 15 is 0 Å². The first-order valence-electron chi connectivity index (χ1n) is 6.82. The summed E-state index contributed by atoms with van der Waals surface area (Å²) in [5.74, 6) is 0. The third kappa shape index (κ3) is 2.37. The fourth-order valence-electron chi connectivity index (χ4n) is 2.72. The molecule has 0 bridgehead atoms. The van der Waals surface area contributed by atoms with E-state index in [-0.39, 0.29) is 0 Å². The van der Waals surface area contributed by atoms with E-state index in [0.717, 1.165) is 12.1 Å². The molecule has 0 saturated heterocycles. The number of rotatable bonds is 4. The summed E-state index contributed by atoms with van der Waals surface area (Å²) < 4.78 is 3.34. The lowest BCUT2D eigenvalue weighted by atomic mass is 10.0. The van der Waals surface area contributed by atoms with Crippen molar-refractivity contribution in [2.24, 2.45) is 7.05 Å². The molecule has 0 saturated carbocycles. The fraction of sp³-hybridized carbons (Fsp3) is 0.312. The van der Waals surface area contributed by atoms with Crippen LogP contribution in [0.3, 0.4) is 0 Å². The second kappa shape index (κ2) is 5.38. The van der Waals surface area contributed by atoms with E-state index in [4.69, 9.17) is 0 Å². The average Bonchev–Trinajstić information content (AvgIpc) is 3.00. The fourth-order valence-corrected chi connectivity index (χ4v) is 3.70. The van der Waals surface area contributed by atoms with Crippen LogP contribution in [0.15, 0.2) is 35.7 Å². The number of thiophene rings is 1. The number of nitrogens with one attached hydrogen (secondary N) is 1. The molecule has 2 aromatic heterocycles. The van der Waals surface area contributed by atoms with Crippen molar-refractivity contribution >= 4 is 21.4 Å². The van der Waals surface area contributed by atoms with Crippen molar-refractivity contribution in [1.82, 2.24) is 15.1 Å². The van der Waals surface area contributed by atoms with Gasteiger partial charge in [-0.25, -0.2) is 0 Å². The first-order valence-corrected chi connectivity index (χ1v) is 7.70. The predicted molar refractivity (Wildman–Crippen MR) is 85.3 cm³/mol. The third-order valence-corrected chi connectivity index (χ3v) is 4.74. The molecular weight excluding hydrogens is 266 g/mol. The maximum absolute atomic E-state index is 4.45. The molecule has 1 N–H and O–H groups in total. The van der Waals surface area contributed by atoms with E-state index in [1.54, 1.807) is 0 Å². The topological polar surface area (TPSA) is 29.9 Å². The Bertz CT molecular complexity index is 726. The second-order valence-electron chi connectivity index (χ2n) is 5.14. The Morgan fingerprint density at radius 3 is 2.85 bits per heavy atom. The highest BCUT2D eigenvalue weighted by atomic mass is 32.1. The second-order valence-corrected chi connectivity index (χ2v) is 6.05. The Kier molecular flexibility index (Phi) is 3.59. The lowest BCUT2D eigenvalue weighted by molar-refractivity contribution is 0.538. The zero-order valence-corrected chi connectivity index (χ0v) is 12.9. The van der Waals surface area contributed by atoms with Crippen LogP contribution in [0.5, 0.6) is 0 Å². The van der Waals surface area contributed by atoms with Crippen LogP contribution < -0.4 is 5.32 Å². The largest absolute Gasteiger partial charge is 0.311 e. The van der Waals surface area contributed by atoms with Gasteiger partial charge in [0.1, 0.15) is 0 Å². The van der Waals surface area contributed by atoms with Crippen molar-refractivity contribution < 1.29 is 0 Å². The first kappa shape index (κ1) is 13.3. The Labute approximate surface area is 123 Å². The maximum atomic E-state index is 4.45. The highest BCUT2D eigenvalue weighted by molar-refractivity contribution is 7.17. The molecular formula is C16H19N3S. The van der Waals surface area contributed by atoms with E-state index in [2.05, 4.69) is 46.1 Å². The number of hydrogen-bond acceptors (Lipinski definition) is 3. The summed E-state index contributed by atoms with van der Waals surface area (Å²) in [5.41, 5.74) is 3.71. The highest BCUT2D eigenvalue weighted by Crippen LogP contribution is 2.29. The van der Waals surface area contributed by atoms with Gasteiger partial charge in [-0.2, -0.15) is 5.10 Å². The Morgan fingerprint density at radius 2 is 2.15 bits per heavy atom. The minimum Gasteiger partial charge on any atom is -0.311 e. The number of nitrogens with zero attached hydrogens (tertiary/aromatic N) is 2. The van der Waals surface area contributed by atoms with Crippen molar-refractivity contribution in [2.45, 2.75) is 19.4 Å². The molecule has 0 spiro atoms. The molecule has 0 aliphatic heterocycles. The molecule has 0 radical (unpaired) electrons. The summed E-state index contributed by atoms with van der Waals surface area (Å²) in [6, 6.07) is 11.1. The first-order chi connectivity index (χ1) is 9.69. The molecule has 4 heteroatoms. The quantitative estimate of drug-likeness (QED) is 0.795. The summed E-state index contributed by atoms with van der Waals surface area (Å²) in [7, 11) is 4.03. The van der Waals surface area contributed by atoms with Crippen molar-refractivity contribution in [2.75, 3.05) is 7.05 Å². The van der Waals surface area contributed by atoms with Gasteiger partial charge in [0.2, 0.25) is 0 Å². The summed E-state index contributed by atoms with van der Waals surface area (Å²) in [6.45, 7) is 2.04. The minimum absolute atomic E-state index is 0.291. The smallest absolute Gasteiger partial charge is 0.0597 e. The van der Waals surface area contributed by atoms with Gasteiger partial charge >= 0.3 is 0 Å². The van der Waals surface area contributed by atoms with Crippen LogP contribution in [0.2, 0.25) is 0 Å². The van der Waals surface area contributed by atoms with Crippen LogP contribution >= 0.6 is 11.3 Å². The van der Waals surface area contributed by atoms with Crippen LogP contribution in [0, 0.1) is 6.92 Å². The normalized spacial score (nSPS) is 12.9. The number of aromatic nitrogens is 2. The standard InChI is InChI=1S/C16H19N3S/c1-11-8-15(19(3)18-11)14(17-2)9-12-10-20-16-7-5-4-6-13(12)16/h4-8,10,14,17H,9H2,1-3H3. The van der Waals surface area contributed by atoms with Crippen LogP contribution in [0.1, 0.15) is 23.0 Å². The predicted octanol–water partition coefficient (Wildman–Crippen LogP) is 3.45. The van der Waals surface area contributed by atoms with Gasteiger partial charge in [-0.3, -0.25) is 4.68 Å². The molecule has 1 unspecified atom stereocenters. The van der Waals surface area contributed by atoms with E-state index in [9.17, 15) is 0 Å². The lowest BCUT2D eigenvalue weighted by Crippen LogP contribution is -2.21. The van der Waals surface area contributed by atoms with Gasteiger partial charge in [0.05, 0.1) is 17.4 Å². The zero-order chi connectivity index (χ0) is 14.1. The molecule has 0 aliphatic rings. The van der Waals surface area contributed by atoms with Crippen molar-refractivity contribution in [1.29, 1.82) is 0 Å². The number of benzene rings is 1. The Balaban J connectivity index is 1.94. The van der Waals surface area contributed by atoms with Crippen molar-refractivity contribution in [3.8, 4) is 0 Å². The number of likely N-dealkylation sites (N-methyl/N-ethyl adjacent to an activating group) is 1. The maximum Gasteiger partial charge on any atom is 0.0597 e. The van der Waals surface area contributed by atoms with Crippen LogP contribution in [-0.4, -0.2) is 16.8 Å². The van der Waals surface area contributed by atoms with Gasteiger partial charge in [-0.15, -0.1) is 11.3 Å². The van der Waals surface area contributed by atoms with Crippen LogP contribution in [0.25, 0.3) is 10.1 Å². The Morgan fingerprint density at radius 1 is 1.35 bits per heavy atom. The Hall–Kier alpha value is -1.65. The summed E-state index contributed by atoms with van der Waals surface area (Å²) in [5, 5.41) is 11.5. The van der Waals surface area contributed by atoms with Gasteiger partial charge in [0.15, 0.2) is 0 Å². The molecule has 3 rings (SSSR count). The van der Waals surface area contributed by atoms with Gasteiger partial charge in [0, 0.05) is 11.7 Å². The molecule has 0 amide bonds. The molecule has 2 heterocycles. The zero-order valence-electron chi connectivity index (χ0n) is 12.1. The third-order valence-electron chi connectivity index (χ3n) is 3.73. The van der Waals surface area contributed by atoms with Crippen LogP contribution in [-0.2, 0) is 13.5 Å². The van der Waals surface area contributed by atoms with Gasteiger partial charge < -0.3 is 5.32 Å². The number of aryl methyl sites for hydroxylation is 2. The minimum atomic E-state index is 0.291. The van der Waals surface area contributed by atoms with Crippen molar-refractivity contribution in [3.63, 3.8) is 0 Å². The van der Waals surface area contributed by atoms with E-state index in [1.165, 1.54) is 21.3 Å². The van der Waals surface area contributed by atoms with E-state index in [1.807, 2.05) is 37.0 Å². The molecule has 1 atom stereocenters. The average molecular weight is 285 g/mol. The SMILES string of the molecule is CNC(Cc1csc2ccccc12)c1cc(C)nn1C. The van der Waals surface area contributed by atoms with E-state index in [0.29, 0.717) is 6.04 Å². The number of hydrogen-bond donors (Lipinski definition) is 1. The highest BCUT2D eigenvalue weighted by Gasteiger charge is 2.16. The summed E-state index contributed by atoms with van der Waals surface area (Å²) in [4.78, 5) is 0. The monoisotopic (exact) mass is 285 g/mol. The molecule has 1 aromatic carbocycles. The van der Waals surface area contributed by atoms with Gasteiger partial charge in [-0.05, 0) is 48.9 Å². The number of fused-ring (bicyclic) bond motifs is 1. The van der Waals surface area contributed by atoms with Crippen LogP contribution in [0.4, 0.5) is 0 Å². The molecule has 104 valence electrons. The van der Waals surface area contributed by atoms with Crippen molar-refractivity contribution in [3.05, 3.63) is 52.7 Å².